The molecule has 1 aliphatic carbocycles. The first kappa shape index (κ1) is 9.57. The van der Waals surface area contributed by atoms with Gasteiger partial charge in [0.2, 0.25) is 0 Å². The summed E-state index contributed by atoms with van der Waals surface area (Å²) in [4.78, 5) is 0. The summed E-state index contributed by atoms with van der Waals surface area (Å²) in [5, 5.41) is 0. The summed E-state index contributed by atoms with van der Waals surface area (Å²) >= 11 is 0. The summed E-state index contributed by atoms with van der Waals surface area (Å²) in [6, 6.07) is 0. The number of rotatable bonds is 2. The van der Waals surface area contributed by atoms with E-state index >= 15 is 0 Å². The zero-order chi connectivity index (χ0) is 8.97. The molecule has 12 heavy (non-hydrogen) atoms. The Balaban J connectivity index is 2.60. The summed E-state index contributed by atoms with van der Waals surface area (Å²) in [6.45, 7) is 8.37. The van der Waals surface area contributed by atoms with Crippen molar-refractivity contribution in [1.29, 1.82) is 0 Å². The molecule has 68 valence electrons. The fraction of sp³-hybridized carbons (Fsp3) is 0.667. The predicted molar refractivity (Wildman–Crippen MR) is 55.1 cm³/mol. The van der Waals surface area contributed by atoms with Gasteiger partial charge in [-0.1, -0.05) is 37.1 Å². The van der Waals surface area contributed by atoms with Crippen molar-refractivity contribution >= 4 is 0 Å². The largest absolute Gasteiger partial charge is 0.0998 e. The first-order valence-electron chi connectivity index (χ1n) is 5.04. The number of hydrogen-bond donors (Lipinski definition) is 0. The zero-order valence-corrected chi connectivity index (χ0v) is 8.34. The first-order valence-corrected chi connectivity index (χ1v) is 5.04. The topological polar surface area (TPSA) is 0 Å². The fourth-order valence-electron chi connectivity index (χ4n) is 2.25. The molecule has 1 fully saturated rings. The molecule has 1 rings (SSSR count). The molecule has 0 saturated heterocycles. The molecule has 0 heteroatoms. The minimum absolute atomic E-state index is 0.759. The lowest BCUT2D eigenvalue weighted by Gasteiger charge is -2.29. The van der Waals surface area contributed by atoms with E-state index < -0.39 is 0 Å². The van der Waals surface area contributed by atoms with Crippen molar-refractivity contribution in [3.05, 3.63) is 24.3 Å². The van der Waals surface area contributed by atoms with E-state index in [1.807, 2.05) is 0 Å². The molecule has 1 unspecified atom stereocenters. The van der Waals surface area contributed by atoms with Crippen LogP contribution in [0.5, 0.6) is 0 Å². The van der Waals surface area contributed by atoms with Crippen LogP contribution in [0.2, 0.25) is 0 Å². The fourth-order valence-corrected chi connectivity index (χ4v) is 2.25. The molecule has 0 spiro atoms. The molecular weight excluding hydrogens is 144 g/mol. The maximum absolute atomic E-state index is 4.08. The van der Waals surface area contributed by atoms with Crippen LogP contribution in [0.25, 0.3) is 0 Å². The van der Waals surface area contributed by atoms with Crippen LogP contribution in [-0.4, -0.2) is 0 Å². The summed E-state index contributed by atoms with van der Waals surface area (Å²) in [5.74, 6) is 1.54. The normalized spacial score (nSPS) is 30.8. The maximum atomic E-state index is 4.08. The van der Waals surface area contributed by atoms with Crippen molar-refractivity contribution in [2.24, 2.45) is 11.8 Å². The second-order valence-electron chi connectivity index (χ2n) is 3.93. The van der Waals surface area contributed by atoms with Gasteiger partial charge in [0.05, 0.1) is 0 Å². The Morgan fingerprint density at radius 3 is 2.58 bits per heavy atom. The molecule has 2 atom stereocenters. The average molecular weight is 164 g/mol. The smallest absolute Gasteiger partial charge is 0.0146 e. The summed E-state index contributed by atoms with van der Waals surface area (Å²) in [7, 11) is 0. The van der Waals surface area contributed by atoms with Gasteiger partial charge in [-0.3, -0.25) is 0 Å². The molecule has 1 saturated carbocycles. The van der Waals surface area contributed by atoms with Crippen molar-refractivity contribution < 1.29 is 0 Å². The van der Waals surface area contributed by atoms with Crippen molar-refractivity contribution in [3.63, 3.8) is 0 Å². The third kappa shape index (κ3) is 2.23. The molecule has 0 aliphatic heterocycles. The Labute approximate surface area is 76.4 Å². The quantitative estimate of drug-likeness (QED) is 0.542. The van der Waals surface area contributed by atoms with Crippen LogP contribution >= 0.6 is 0 Å². The van der Waals surface area contributed by atoms with Gasteiger partial charge in [0.15, 0.2) is 0 Å². The Kier molecular flexibility index (Phi) is 3.58. The SMILES string of the molecule is C=C(C)[C@H]1CCCCC1/C=C/C. The van der Waals surface area contributed by atoms with E-state index in [9.17, 15) is 0 Å². The molecule has 0 aromatic carbocycles. The van der Waals surface area contributed by atoms with E-state index in [1.54, 1.807) is 0 Å². The van der Waals surface area contributed by atoms with E-state index in [2.05, 4.69) is 32.6 Å². The highest BCUT2D eigenvalue weighted by atomic mass is 14.3. The van der Waals surface area contributed by atoms with Crippen LogP contribution < -0.4 is 0 Å². The lowest BCUT2D eigenvalue weighted by molar-refractivity contribution is 0.324. The van der Waals surface area contributed by atoms with E-state index in [4.69, 9.17) is 0 Å². The summed E-state index contributed by atoms with van der Waals surface area (Å²) < 4.78 is 0. The molecule has 1 aliphatic rings. The number of allylic oxidation sites excluding steroid dienone is 3. The van der Waals surface area contributed by atoms with Gasteiger partial charge in [0.25, 0.3) is 0 Å². The average Bonchev–Trinajstić information content (AvgIpc) is 2.05. The molecule has 0 amide bonds. The Hall–Kier alpha value is -0.520. The van der Waals surface area contributed by atoms with E-state index in [1.165, 1.54) is 31.3 Å². The molecule has 0 aromatic rings. The Morgan fingerprint density at radius 2 is 2.00 bits per heavy atom. The zero-order valence-electron chi connectivity index (χ0n) is 8.34. The maximum Gasteiger partial charge on any atom is -0.0146 e. The molecule has 0 bridgehead atoms. The van der Waals surface area contributed by atoms with Crippen LogP contribution in [-0.2, 0) is 0 Å². The van der Waals surface area contributed by atoms with Gasteiger partial charge in [-0.2, -0.15) is 0 Å². The monoisotopic (exact) mass is 164 g/mol. The minimum Gasteiger partial charge on any atom is -0.0998 e. The van der Waals surface area contributed by atoms with E-state index in [0.717, 1.165) is 11.8 Å². The Bertz CT molecular complexity index is 176. The van der Waals surface area contributed by atoms with Gasteiger partial charge in [-0.05, 0) is 38.5 Å². The van der Waals surface area contributed by atoms with Crippen molar-refractivity contribution in [2.75, 3.05) is 0 Å². The van der Waals surface area contributed by atoms with Gasteiger partial charge < -0.3 is 0 Å². The van der Waals surface area contributed by atoms with Gasteiger partial charge >= 0.3 is 0 Å². The molecular formula is C12H20. The Morgan fingerprint density at radius 1 is 1.33 bits per heavy atom. The lowest BCUT2D eigenvalue weighted by Crippen LogP contribution is -2.18. The highest BCUT2D eigenvalue weighted by molar-refractivity contribution is 5.05. The summed E-state index contributed by atoms with van der Waals surface area (Å²) in [5.41, 5.74) is 1.37. The highest BCUT2D eigenvalue weighted by Gasteiger charge is 2.22. The van der Waals surface area contributed by atoms with Crippen LogP contribution in [0.4, 0.5) is 0 Å². The van der Waals surface area contributed by atoms with Gasteiger partial charge in [-0.25, -0.2) is 0 Å². The van der Waals surface area contributed by atoms with Crippen molar-refractivity contribution in [2.45, 2.75) is 39.5 Å². The first-order chi connectivity index (χ1) is 5.75. The molecule has 0 nitrogen and oxygen atoms in total. The highest BCUT2D eigenvalue weighted by Crippen LogP contribution is 2.34. The van der Waals surface area contributed by atoms with Crippen LogP contribution in [0.15, 0.2) is 24.3 Å². The van der Waals surface area contributed by atoms with Gasteiger partial charge in [-0.15, -0.1) is 0 Å². The van der Waals surface area contributed by atoms with E-state index in [0.29, 0.717) is 0 Å². The predicted octanol–water partition coefficient (Wildman–Crippen LogP) is 3.95. The molecule has 0 N–H and O–H groups in total. The lowest BCUT2D eigenvalue weighted by atomic mass is 9.76. The van der Waals surface area contributed by atoms with E-state index in [-0.39, 0.29) is 0 Å². The standard InChI is InChI=1S/C12H20/c1-4-7-11-8-5-6-9-12(11)10(2)3/h4,7,11-12H,2,5-6,8-9H2,1,3H3/b7-4+/t11?,12-/m1/s1. The number of hydrogen-bond acceptors (Lipinski definition) is 0. The van der Waals surface area contributed by atoms with Crippen molar-refractivity contribution in [3.8, 4) is 0 Å². The molecule has 0 aromatic heterocycles. The van der Waals surface area contributed by atoms with Crippen molar-refractivity contribution in [1.82, 2.24) is 0 Å². The van der Waals surface area contributed by atoms with Gasteiger partial charge in [0.1, 0.15) is 0 Å². The van der Waals surface area contributed by atoms with Gasteiger partial charge in [0, 0.05) is 0 Å². The molecule has 0 heterocycles. The minimum atomic E-state index is 0.759. The summed E-state index contributed by atoms with van der Waals surface area (Å²) in [6.07, 6.45) is 10.1. The molecule has 0 radical (unpaired) electrons. The van der Waals surface area contributed by atoms with Crippen LogP contribution in [0.3, 0.4) is 0 Å². The third-order valence-electron chi connectivity index (χ3n) is 2.89. The second kappa shape index (κ2) is 4.49. The van der Waals surface area contributed by atoms with Crippen LogP contribution in [0.1, 0.15) is 39.5 Å². The van der Waals surface area contributed by atoms with Crippen LogP contribution in [0, 0.1) is 11.8 Å². The third-order valence-corrected chi connectivity index (χ3v) is 2.89. The second-order valence-corrected chi connectivity index (χ2v) is 3.93.